The van der Waals surface area contributed by atoms with E-state index < -0.39 is 0 Å². The highest BCUT2D eigenvalue weighted by Crippen LogP contribution is 2.22. The summed E-state index contributed by atoms with van der Waals surface area (Å²) in [4.78, 5) is 12.1. The summed E-state index contributed by atoms with van der Waals surface area (Å²) < 4.78 is 5.48. The minimum Gasteiger partial charge on any atom is -0.494 e. The van der Waals surface area contributed by atoms with Crippen molar-refractivity contribution in [3.63, 3.8) is 0 Å². The van der Waals surface area contributed by atoms with Gasteiger partial charge in [0.1, 0.15) is 5.75 Å². The molecule has 0 radical (unpaired) electrons. The minimum absolute atomic E-state index is 0.0710. The van der Waals surface area contributed by atoms with Gasteiger partial charge in [-0.05, 0) is 47.6 Å². The van der Waals surface area contributed by atoms with Crippen LogP contribution in [0.5, 0.6) is 5.75 Å². The van der Waals surface area contributed by atoms with Crippen LogP contribution < -0.4 is 10.1 Å². The van der Waals surface area contributed by atoms with Crippen LogP contribution in [-0.4, -0.2) is 12.5 Å². The van der Waals surface area contributed by atoms with Crippen LogP contribution in [0.1, 0.15) is 50.8 Å². The first kappa shape index (κ1) is 19.0. The SMILES string of the molecule is CCOc1cccc(CNC(=O)CCc2ccc(C(C)(C)C)cc2)c1. The van der Waals surface area contributed by atoms with E-state index in [0.29, 0.717) is 19.6 Å². The molecule has 0 saturated carbocycles. The second-order valence-electron chi connectivity index (χ2n) is 7.30. The first-order chi connectivity index (χ1) is 11.9. The molecule has 0 spiro atoms. The Bertz CT molecular complexity index is 684. The number of benzene rings is 2. The molecule has 0 bridgehead atoms. The molecular weight excluding hydrogens is 310 g/mol. The van der Waals surface area contributed by atoms with Crippen molar-refractivity contribution >= 4 is 5.91 Å². The minimum atomic E-state index is 0.0710. The van der Waals surface area contributed by atoms with Crippen LogP contribution >= 0.6 is 0 Å². The molecule has 134 valence electrons. The van der Waals surface area contributed by atoms with Gasteiger partial charge in [0.05, 0.1) is 6.61 Å². The molecule has 0 aliphatic carbocycles. The fourth-order valence-corrected chi connectivity index (χ4v) is 2.63. The third kappa shape index (κ3) is 6.26. The van der Waals surface area contributed by atoms with Crippen molar-refractivity contribution in [2.24, 2.45) is 0 Å². The summed E-state index contributed by atoms with van der Waals surface area (Å²) in [6.45, 7) is 9.75. The lowest BCUT2D eigenvalue weighted by Crippen LogP contribution is -2.23. The molecule has 0 saturated heterocycles. The van der Waals surface area contributed by atoms with Crippen molar-refractivity contribution in [3.8, 4) is 5.75 Å². The molecule has 0 aromatic heterocycles. The van der Waals surface area contributed by atoms with Gasteiger partial charge in [-0.3, -0.25) is 4.79 Å². The lowest BCUT2D eigenvalue weighted by Gasteiger charge is -2.19. The van der Waals surface area contributed by atoms with Gasteiger partial charge in [-0.25, -0.2) is 0 Å². The average molecular weight is 339 g/mol. The molecule has 2 aromatic carbocycles. The maximum atomic E-state index is 12.1. The first-order valence-electron chi connectivity index (χ1n) is 8.96. The van der Waals surface area contributed by atoms with E-state index in [1.165, 1.54) is 11.1 Å². The molecule has 0 aliphatic heterocycles. The molecule has 2 aromatic rings. The van der Waals surface area contributed by atoms with Gasteiger partial charge in [0, 0.05) is 13.0 Å². The van der Waals surface area contributed by atoms with Gasteiger partial charge in [0.2, 0.25) is 5.91 Å². The van der Waals surface area contributed by atoms with Crippen LogP contribution in [0, 0.1) is 0 Å². The molecule has 0 heterocycles. The first-order valence-corrected chi connectivity index (χ1v) is 8.96. The maximum absolute atomic E-state index is 12.1. The zero-order valence-electron chi connectivity index (χ0n) is 15.8. The predicted molar refractivity (Wildman–Crippen MR) is 103 cm³/mol. The highest BCUT2D eigenvalue weighted by atomic mass is 16.5. The van der Waals surface area contributed by atoms with Gasteiger partial charge in [-0.2, -0.15) is 0 Å². The number of hydrogen-bond acceptors (Lipinski definition) is 2. The predicted octanol–water partition coefficient (Wildman–Crippen LogP) is 4.63. The zero-order valence-corrected chi connectivity index (χ0v) is 15.8. The van der Waals surface area contributed by atoms with Crippen LogP contribution in [0.2, 0.25) is 0 Å². The van der Waals surface area contributed by atoms with E-state index in [4.69, 9.17) is 4.74 Å². The Morgan fingerprint density at radius 1 is 1.04 bits per heavy atom. The Hall–Kier alpha value is -2.29. The van der Waals surface area contributed by atoms with Gasteiger partial charge < -0.3 is 10.1 Å². The van der Waals surface area contributed by atoms with Crippen molar-refractivity contribution in [2.45, 2.75) is 52.5 Å². The van der Waals surface area contributed by atoms with Crippen LogP contribution in [0.4, 0.5) is 0 Å². The van der Waals surface area contributed by atoms with Gasteiger partial charge in [0.25, 0.3) is 0 Å². The summed E-state index contributed by atoms with van der Waals surface area (Å²) in [6, 6.07) is 16.4. The van der Waals surface area contributed by atoms with Gasteiger partial charge in [-0.1, -0.05) is 57.2 Å². The van der Waals surface area contributed by atoms with Gasteiger partial charge in [0.15, 0.2) is 0 Å². The number of amides is 1. The number of ether oxygens (including phenoxy) is 1. The highest BCUT2D eigenvalue weighted by molar-refractivity contribution is 5.76. The second kappa shape index (κ2) is 8.70. The van der Waals surface area contributed by atoms with Crippen LogP contribution in [0.15, 0.2) is 48.5 Å². The molecule has 0 atom stereocenters. The highest BCUT2D eigenvalue weighted by Gasteiger charge is 2.13. The molecular formula is C22H29NO2. The summed E-state index contributed by atoms with van der Waals surface area (Å²) >= 11 is 0. The fraction of sp³-hybridized carbons (Fsp3) is 0.409. The van der Waals surface area contributed by atoms with E-state index in [1.807, 2.05) is 31.2 Å². The monoisotopic (exact) mass is 339 g/mol. The Labute approximate surface area is 151 Å². The number of hydrogen-bond donors (Lipinski definition) is 1. The van der Waals surface area contributed by atoms with E-state index in [-0.39, 0.29) is 11.3 Å². The summed E-state index contributed by atoms with van der Waals surface area (Å²) in [5.74, 6) is 0.912. The van der Waals surface area contributed by atoms with Crippen molar-refractivity contribution in [1.82, 2.24) is 5.32 Å². The molecule has 3 heteroatoms. The summed E-state index contributed by atoms with van der Waals surface area (Å²) in [7, 11) is 0. The van der Waals surface area contributed by atoms with Crippen molar-refractivity contribution in [2.75, 3.05) is 6.61 Å². The molecule has 0 aliphatic rings. The van der Waals surface area contributed by atoms with Crippen molar-refractivity contribution in [3.05, 3.63) is 65.2 Å². The summed E-state index contributed by atoms with van der Waals surface area (Å²) in [5, 5.41) is 2.98. The normalized spacial score (nSPS) is 11.2. The largest absolute Gasteiger partial charge is 0.494 e. The fourth-order valence-electron chi connectivity index (χ4n) is 2.63. The van der Waals surface area contributed by atoms with Crippen LogP contribution in [0.25, 0.3) is 0 Å². The topological polar surface area (TPSA) is 38.3 Å². The Balaban J connectivity index is 1.80. The van der Waals surface area contributed by atoms with E-state index in [9.17, 15) is 4.79 Å². The standard InChI is InChI=1S/C22H29NO2/c1-5-25-20-8-6-7-18(15-20)16-23-21(24)14-11-17-9-12-19(13-10-17)22(2,3)4/h6-10,12-13,15H,5,11,14,16H2,1-4H3,(H,23,24). The van der Waals surface area contributed by atoms with Crippen LogP contribution in [-0.2, 0) is 23.2 Å². The Morgan fingerprint density at radius 3 is 2.40 bits per heavy atom. The van der Waals surface area contributed by atoms with Crippen molar-refractivity contribution < 1.29 is 9.53 Å². The molecule has 1 N–H and O–H groups in total. The lowest BCUT2D eigenvalue weighted by atomic mass is 9.86. The summed E-state index contributed by atoms with van der Waals surface area (Å²) in [5.41, 5.74) is 3.72. The molecule has 0 fully saturated rings. The third-order valence-corrected chi connectivity index (χ3v) is 4.16. The molecule has 3 nitrogen and oxygen atoms in total. The smallest absolute Gasteiger partial charge is 0.220 e. The number of nitrogens with one attached hydrogen (secondary N) is 1. The Kier molecular flexibility index (Phi) is 6.63. The van der Waals surface area contributed by atoms with Crippen molar-refractivity contribution in [1.29, 1.82) is 0 Å². The summed E-state index contributed by atoms with van der Waals surface area (Å²) in [6.07, 6.45) is 1.26. The number of carbonyl (C=O) groups is 1. The second-order valence-corrected chi connectivity index (χ2v) is 7.30. The average Bonchev–Trinajstić information content (AvgIpc) is 2.58. The number of rotatable bonds is 7. The van der Waals surface area contributed by atoms with Gasteiger partial charge >= 0.3 is 0 Å². The molecule has 25 heavy (non-hydrogen) atoms. The quantitative estimate of drug-likeness (QED) is 0.798. The van der Waals surface area contributed by atoms with Gasteiger partial charge in [-0.15, -0.1) is 0 Å². The van der Waals surface area contributed by atoms with E-state index in [1.54, 1.807) is 0 Å². The Morgan fingerprint density at radius 2 is 1.76 bits per heavy atom. The zero-order chi connectivity index (χ0) is 18.3. The third-order valence-electron chi connectivity index (χ3n) is 4.16. The van der Waals surface area contributed by atoms with E-state index in [2.05, 4.69) is 50.4 Å². The molecule has 1 amide bonds. The molecule has 2 rings (SSSR count). The lowest BCUT2D eigenvalue weighted by molar-refractivity contribution is -0.121. The van der Waals surface area contributed by atoms with E-state index in [0.717, 1.165) is 17.7 Å². The maximum Gasteiger partial charge on any atom is 0.220 e. The van der Waals surface area contributed by atoms with Crippen LogP contribution in [0.3, 0.4) is 0 Å². The van der Waals surface area contributed by atoms with E-state index >= 15 is 0 Å². The number of carbonyl (C=O) groups excluding carboxylic acids is 1. The molecule has 0 unspecified atom stereocenters. The number of aryl methyl sites for hydroxylation is 1.